The van der Waals surface area contributed by atoms with E-state index in [2.05, 4.69) is 5.32 Å². The van der Waals surface area contributed by atoms with E-state index in [9.17, 15) is 23.3 Å². The predicted octanol–water partition coefficient (Wildman–Crippen LogP) is 4.93. The van der Waals surface area contributed by atoms with Crippen molar-refractivity contribution in [2.45, 2.75) is 42.4 Å². The number of anilines is 1. The first-order valence-corrected chi connectivity index (χ1v) is 12.1. The lowest BCUT2D eigenvalue weighted by atomic mass is 9.99. The molecule has 7 nitrogen and oxygen atoms in total. The average molecular weight is 457 g/mol. The fourth-order valence-corrected chi connectivity index (χ4v) is 7.01. The van der Waals surface area contributed by atoms with Crippen LogP contribution in [0.4, 0.5) is 10.7 Å². The van der Waals surface area contributed by atoms with Crippen molar-refractivity contribution in [1.82, 2.24) is 0 Å². The van der Waals surface area contributed by atoms with E-state index < -0.39 is 20.7 Å². The molecule has 0 saturated carbocycles. The zero-order valence-electron chi connectivity index (χ0n) is 16.8. The Balaban J connectivity index is 1.81. The van der Waals surface area contributed by atoms with Crippen LogP contribution in [0.25, 0.3) is 0 Å². The average Bonchev–Trinajstić information content (AvgIpc) is 3.12. The number of rotatable bonds is 5. The number of nitro benzene ring substituents is 1. The molecule has 2 aromatic carbocycles. The normalized spacial score (nSPS) is 13.5. The van der Waals surface area contributed by atoms with Crippen LogP contribution in [0.2, 0.25) is 0 Å². The molecule has 1 N–H and O–H groups in total. The summed E-state index contributed by atoms with van der Waals surface area (Å²) in [5, 5.41) is 14.2. The van der Waals surface area contributed by atoms with Gasteiger partial charge in [0, 0.05) is 10.9 Å². The van der Waals surface area contributed by atoms with E-state index in [4.69, 9.17) is 0 Å². The van der Waals surface area contributed by atoms with E-state index in [1.54, 1.807) is 24.3 Å². The van der Waals surface area contributed by atoms with Gasteiger partial charge >= 0.3 is 0 Å². The molecule has 0 bridgehead atoms. The molecule has 1 aliphatic rings. The zero-order valence-corrected chi connectivity index (χ0v) is 18.4. The summed E-state index contributed by atoms with van der Waals surface area (Å²) < 4.78 is 27.1. The summed E-state index contributed by atoms with van der Waals surface area (Å²) >= 11 is 1.24. The van der Waals surface area contributed by atoms with Gasteiger partial charge in [0.25, 0.3) is 11.6 Å². The van der Waals surface area contributed by atoms with Gasteiger partial charge in [-0.15, -0.1) is 11.3 Å². The molecule has 160 valence electrons. The molecule has 1 aliphatic carbocycles. The van der Waals surface area contributed by atoms with Crippen molar-refractivity contribution >= 4 is 37.8 Å². The molecular weight excluding hydrogens is 436 g/mol. The van der Waals surface area contributed by atoms with E-state index in [-0.39, 0.29) is 26.0 Å². The highest BCUT2D eigenvalue weighted by Crippen LogP contribution is 2.43. The molecule has 0 spiro atoms. The Morgan fingerprint density at radius 3 is 2.45 bits per heavy atom. The van der Waals surface area contributed by atoms with Crippen molar-refractivity contribution in [3.05, 3.63) is 80.2 Å². The number of hydrogen-bond donors (Lipinski definition) is 1. The molecule has 31 heavy (non-hydrogen) atoms. The summed E-state index contributed by atoms with van der Waals surface area (Å²) in [4.78, 5) is 24.8. The first-order chi connectivity index (χ1) is 14.8. The molecule has 1 heterocycles. The number of nitro groups is 1. The largest absolute Gasteiger partial charge is 0.312 e. The van der Waals surface area contributed by atoms with E-state index in [0.717, 1.165) is 35.3 Å². The van der Waals surface area contributed by atoms with E-state index in [1.807, 2.05) is 6.92 Å². The van der Waals surface area contributed by atoms with Crippen LogP contribution in [0.15, 0.2) is 58.3 Å². The number of nitrogens with zero attached hydrogens (tertiary/aromatic N) is 1. The molecular formula is C22H20N2O5S2. The summed E-state index contributed by atoms with van der Waals surface area (Å²) in [6.45, 7) is 1.88. The van der Waals surface area contributed by atoms with E-state index in [0.29, 0.717) is 6.42 Å². The Morgan fingerprint density at radius 1 is 1.06 bits per heavy atom. The Morgan fingerprint density at radius 2 is 1.74 bits per heavy atom. The van der Waals surface area contributed by atoms with Crippen LogP contribution in [-0.2, 0) is 22.7 Å². The van der Waals surface area contributed by atoms with Crippen LogP contribution < -0.4 is 5.32 Å². The SMILES string of the molecule is Cc1ccc(S(=O)(=O)c2c(NC(=O)c3ccccc3[N+](=O)[O-])sc3c2CCCC3)cc1. The van der Waals surface area contributed by atoms with Crippen molar-refractivity contribution in [3.8, 4) is 0 Å². The zero-order chi connectivity index (χ0) is 22.2. The third-order valence-corrected chi connectivity index (χ3v) is 8.51. The number of aryl methyl sites for hydroxylation is 2. The number of hydrogen-bond acceptors (Lipinski definition) is 6. The van der Waals surface area contributed by atoms with Gasteiger partial charge in [0.2, 0.25) is 9.84 Å². The van der Waals surface area contributed by atoms with Gasteiger partial charge in [0.15, 0.2) is 0 Å². The van der Waals surface area contributed by atoms with Crippen LogP contribution in [0, 0.1) is 17.0 Å². The first-order valence-electron chi connectivity index (χ1n) is 9.80. The molecule has 0 aliphatic heterocycles. The molecule has 0 unspecified atom stereocenters. The number of benzene rings is 2. The monoisotopic (exact) mass is 456 g/mol. The number of nitrogens with one attached hydrogen (secondary N) is 1. The third-order valence-electron chi connectivity index (χ3n) is 5.30. The molecule has 0 saturated heterocycles. The molecule has 4 rings (SSSR count). The van der Waals surface area contributed by atoms with Crippen molar-refractivity contribution in [3.63, 3.8) is 0 Å². The number of fused-ring (bicyclic) bond motifs is 1. The van der Waals surface area contributed by atoms with Gasteiger partial charge in [-0.2, -0.15) is 0 Å². The minimum absolute atomic E-state index is 0.113. The second-order valence-electron chi connectivity index (χ2n) is 7.41. The lowest BCUT2D eigenvalue weighted by Crippen LogP contribution is -2.16. The van der Waals surface area contributed by atoms with Gasteiger partial charge in [-0.1, -0.05) is 29.8 Å². The molecule has 0 radical (unpaired) electrons. The quantitative estimate of drug-likeness (QED) is 0.433. The summed E-state index contributed by atoms with van der Waals surface area (Å²) in [5.41, 5.74) is 1.24. The maximum absolute atomic E-state index is 13.5. The fourth-order valence-electron chi connectivity index (χ4n) is 3.73. The topological polar surface area (TPSA) is 106 Å². The summed E-state index contributed by atoms with van der Waals surface area (Å²) in [5.74, 6) is -0.703. The van der Waals surface area contributed by atoms with Crippen LogP contribution >= 0.6 is 11.3 Å². The van der Waals surface area contributed by atoms with Gasteiger partial charge in [0.05, 0.1) is 9.82 Å². The van der Waals surface area contributed by atoms with Crippen LogP contribution in [0.1, 0.15) is 39.2 Å². The number of thiophene rings is 1. The lowest BCUT2D eigenvalue weighted by molar-refractivity contribution is -0.385. The van der Waals surface area contributed by atoms with Crippen LogP contribution in [0.5, 0.6) is 0 Å². The number of sulfone groups is 1. The summed E-state index contributed by atoms with van der Waals surface area (Å²) in [6.07, 6.45) is 3.19. The van der Waals surface area contributed by atoms with Gasteiger partial charge in [-0.05, 0) is 56.4 Å². The standard InChI is InChI=1S/C22H20N2O5S2/c1-14-10-12-15(13-11-14)31(28,29)20-17-7-3-5-9-19(17)30-22(20)23-21(25)16-6-2-4-8-18(16)24(26)27/h2,4,6,8,10-13H,3,5,7,9H2,1H3,(H,23,25). The maximum atomic E-state index is 13.5. The Bertz CT molecular complexity index is 1280. The minimum atomic E-state index is -3.88. The molecule has 0 fully saturated rings. The Labute approximate surface area is 183 Å². The Kier molecular flexibility index (Phi) is 5.63. The van der Waals surface area contributed by atoms with Crippen LogP contribution in [0.3, 0.4) is 0 Å². The predicted molar refractivity (Wildman–Crippen MR) is 119 cm³/mol. The van der Waals surface area contributed by atoms with E-state index >= 15 is 0 Å². The van der Waals surface area contributed by atoms with Gasteiger partial charge < -0.3 is 5.32 Å². The number of carbonyl (C=O) groups excluding carboxylic acids is 1. The number of carbonyl (C=O) groups is 1. The maximum Gasteiger partial charge on any atom is 0.282 e. The van der Waals surface area contributed by atoms with Crippen molar-refractivity contribution < 1.29 is 18.1 Å². The second-order valence-corrected chi connectivity index (χ2v) is 10.4. The first kappa shape index (κ1) is 21.2. The number of para-hydroxylation sites is 1. The van der Waals surface area contributed by atoms with Gasteiger partial charge in [-0.25, -0.2) is 8.42 Å². The smallest absolute Gasteiger partial charge is 0.282 e. The fraction of sp³-hybridized carbons (Fsp3) is 0.227. The highest BCUT2D eigenvalue weighted by atomic mass is 32.2. The molecule has 3 aromatic rings. The minimum Gasteiger partial charge on any atom is -0.312 e. The van der Waals surface area contributed by atoms with Crippen LogP contribution in [-0.4, -0.2) is 19.2 Å². The summed E-state index contributed by atoms with van der Waals surface area (Å²) in [6, 6.07) is 12.2. The van der Waals surface area contributed by atoms with Gasteiger partial charge in [0.1, 0.15) is 15.5 Å². The van der Waals surface area contributed by atoms with Crippen molar-refractivity contribution in [2.24, 2.45) is 0 Å². The highest BCUT2D eigenvalue weighted by molar-refractivity contribution is 7.92. The highest BCUT2D eigenvalue weighted by Gasteiger charge is 2.32. The molecule has 0 atom stereocenters. The van der Waals surface area contributed by atoms with E-state index in [1.165, 1.54) is 35.6 Å². The third kappa shape index (κ3) is 3.98. The number of amides is 1. The molecule has 1 aromatic heterocycles. The van der Waals surface area contributed by atoms with Crippen molar-refractivity contribution in [1.29, 1.82) is 0 Å². The Hall–Kier alpha value is -3.04. The van der Waals surface area contributed by atoms with Gasteiger partial charge in [-0.3, -0.25) is 14.9 Å². The summed E-state index contributed by atoms with van der Waals surface area (Å²) in [7, 11) is -3.88. The lowest BCUT2D eigenvalue weighted by Gasteiger charge is -2.14. The second kappa shape index (κ2) is 8.24. The molecule has 1 amide bonds. The van der Waals surface area contributed by atoms with Crippen molar-refractivity contribution in [2.75, 3.05) is 5.32 Å². The molecule has 9 heteroatoms.